The Bertz CT molecular complexity index is 538. The van der Waals surface area contributed by atoms with Gasteiger partial charge < -0.3 is 14.2 Å². The van der Waals surface area contributed by atoms with Crippen LogP contribution in [0.3, 0.4) is 0 Å². The van der Waals surface area contributed by atoms with Crippen LogP contribution in [0.2, 0.25) is 0 Å². The predicted molar refractivity (Wildman–Crippen MR) is 80.4 cm³/mol. The number of carbonyl (C=O) groups excluding carboxylic acids is 1. The van der Waals surface area contributed by atoms with Crippen LogP contribution in [-0.4, -0.2) is 31.9 Å². The van der Waals surface area contributed by atoms with Gasteiger partial charge in [-0.3, -0.25) is 4.79 Å². The van der Waals surface area contributed by atoms with Gasteiger partial charge in [0, 0.05) is 13.5 Å². The Morgan fingerprint density at radius 2 is 2.18 bits per heavy atom. The second-order valence-corrected chi connectivity index (χ2v) is 5.41. The lowest BCUT2D eigenvalue weighted by molar-refractivity contribution is -0.151. The molecule has 118 valence electrons. The number of nitrogens with zero attached hydrogens (tertiary/aromatic N) is 1. The van der Waals surface area contributed by atoms with E-state index in [4.69, 9.17) is 19.5 Å². The Morgan fingerprint density at radius 1 is 1.36 bits per heavy atom. The number of rotatable bonds is 6. The molecule has 0 spiro atoms. The van der Waals surface area contributed by atoms with Gasteiger partial charge in [-0.1, -0.05) is 12.1 Å². The molecule has 1 aliphatic rings. The molecule has 22 heavy (non-hydrogen) atoms. The van der Waals surface area contributed by atoms with Gasteiger partial charge in [-0.25, -0.2) is 0 Å². The number of hydrogen-bond donors (Lipinski definition) is 0. The number of hydrogen-bond acceptors (Lipinski definition) is 5. The molecule has 0 aliphatic heterocycles. The van der Waals surface area contributed by atoms with E-state index in [9.17, 15) is 4.79 Å². The lowest BCUT2D eigenvalue weighted by Crippen LogP contribution is -2.29. The van der Waals surface area contributed by atoms with Crippen LogP contribution in [0, 0.1) is 11.3 Å². The van der Waals surface area contributed by atoms with E-state index in [1.165, 1.54) is 0 Å². The van der Waals surface area contributed by atoms with Crippen LogP contribution in [0.25, 0.3) is 0 Å². The van der Waals surface area contributed by atoms with Gasteiger partial charge in [0.15, 0.2) is 6.61 Å². The Balaban J connectivity index is 1.85. The van der Waals surface area contributed by atoms with Crippen LogP contribution in [0.4, 0.5) is 0 Å². The fourth-order valence-electron chi connectivity index (χ4n) is 2.68. The first-order valence-corrected chi connectivity index (χ1v) is 7.52. The second kappa shape index (κ2) is 8.40. The van der Waals surface area contributed by atoms with Gasteiger partial charge in [-0.15, -0.1) is 0 Å². The third kappa shape index (κ3) is 5.05. The predicted octanol–water partition coefficient (Wildman–Crippen LogP) is 2.63. The summed E-state index contributed by atoms with van der Waals surface area (Å²) in [5, 5.41) is 8.51. The average molecular weight is 303 g/mol. The topological polar surface area (TPSA) is 68.6 Å². The molecule has 5 heteroatoms. The molecule has 1 aromatic carbocycles. The number of nitriles is 1. The lowest BCUT2D eigenvalue weighted by atomic mass is 9.95. The van der Waals surface area contributed by atoms with Crippen molar-refractivity contribution in [2.75, 3.05) is 13.7 Å². The van der Waals surface area contributed by atoms with E-state index in [1.54, 1.807) is 25.3 Å². The number of carbonyl (C=O) groups is 1. The molecule has 2 atom stereocenters. The Labute approximate surface area is 130 Å². The lowest BCUT2D eigenvalue weighted by Gasteiger charge is -2.27. The molecule has 1 aliphatic carbocycles. The van der Waals surface area contributed by atoms with Crippen LogP contribution < -0.4 is 4.74 Å². The monoisotopic (exact) mass is 303 g/mol. The molecular weight excluding hydrogens is 282 g/mol. The van der Waals surface area contributed by atoms with Gasteiger partial charge in [0.2, 0.25) is 0 Å². The van der Waals surface area contributed by atoms with Crippen molar-refractivity contribution in [1.82, 2.24) is 0 Å². The van der Waals surface area contributed by atoms with Crippen molar-refractivity contribution < 1.29 is 19.0 Å². The molecule has 0 heterocycles. The minimum absolute atomic E-state index is 0.00558. The minimum atomic E-state index is -0.237. The minimum Gasteiger partial charge on any atom is -0.479 e. The zero-order valence-electron chi connectivity index (χ0n) is 12.8. The first-order chi connectivity index (χ1) is 10.7. The summed E-state index contributed by atoms with van der Waals surface area (Å²) in [6.45, 7) is -0.00558. The highest BCUT2D eigenvalue weighted by Crippen LogP contribution is 2.23. The van der Waals surface area contributed by atoms with Crippen LogP contribution in [0.1, 0.15) is 31.2 Å². The van der Waals surface area contributed by atoms with E-state index in [0.717, 1.165) is 31.2 Å². The zero-order chi connectivity index (χ0) is 15.8. The van der Waals surface area contributed by atoms with Crippen LogP contribution in [0.15, 0.2) is 24.3 Å². The van der Waals surface area contributed by atoms with E-state index in [1.807, 2.05) is 12.1 Å². The smallest absolute Gasteiger partial charge is 0.310 e. The average Bonchev–Trinajstić information content (AvgIpc) is 2.53. The Hall–Kier alpha value is -2.06. The maximum absolute atomic E-state index is 12.0. The molecule has 5 nitrogen and oxygen atoms in total. The van der Waals surface area contributed by atoms with Crippen molar-refractivity contribution in [3.63, 3.8) is 0 Å². The highest BCUT2D eigenvalue weighted by Gasteiger charge is 2.24. The molecule has 0 amide bonds. The van der Waals surface area contributed by atoms with Gasteiger partial charge >= 0.3 is 5.97 Å². The Kier molecular flexibility index (Phi) is 6.23. The summed E-state index contributed by atoms with van der Waals surface area (Å²) >= 11 is 0. The maximum atomic E-state index is 12.0. The molecule has 0 N–H and O–H groups in total. The van der Waals surface area contributed by atoms with E-state index < -0.39 is 0 Å². The summed E-state index contributed by atoms with van der Waals surface area (Å²) in [5.74, 6) is 0.350. The van der Waals surface area contributed by atoms with Gasteiger partial charge in [0.05, 0.1) is 12.5 Å². The van der Waals surface area contributed by atoms with Crippen molar-refractivity contribution in [1.29, 1.82) is 5.26 Å². The molecule has 0 radical (unpaired) electrons. The molecule has 1 fully saturated rings. The summed E-state index contributed by atoms with van der Waals surface area (Å²) in [5.41, 5.74) is 0.819. The van der Waals surface area contributed by atoms with Crippen molar-refractivity contribution in [3.8, 4) is 11.8 Å². The standard InChI is InChI=1S/C17H21NO4/c1-20-14-5-3-7-16(12-14)22-17(19)11-13-4-2-6-15(10-13)21-9-8-18/h2,4,6,10,14,16H,3,5,7,9,11-12H2,1H3/t14-,16-/m0/s1. The molecule has 0 saturated heterocycles. The molecule has 0 aromatic heterocycles. The highest BCUT2D eigenvalue weighted by atomic mass is 16.5. The highest BCUT2D eigenvalue weighted by molar-refractivity contribution is 5.72. The van der Waals surface area contributed by atoms with Crippen molar-refractivity contribution in [2.45, 2.75) is 44.3 Å². The van der Waals surface area contributed by atoms with Gasteiger partial charge in [0.25, 0.3) is 0 Å². The SMILES string of the molecule is CO[C@H]1CCC[C@H](OC(=O)Cc2cccc(OCC#N)c2)C1. The quantitative estimate of drug-likeness (QED) is 0.756. The largest absolute Gasteiger partial charge is 0.479 e. The molecule has 0 unspecified atom stereocenters. The molecule has 2 rings (SSSR count). The van der Waals surface area contributed by atoms with Gasteiger partial charge in [-0.2, -0.15) is 5.26 Å². The fourth-order valence-corrected chi connectivity index (χ4v) is 2.68. The van der Waals surface area contributed by atoms with Crippen LogP contribution in [0.5, 0.6) is 5.75 Å². The van der Waals surface area contributed by atoms with E-state index in [-0.39, 0.29) is 31.2 Å². The number of esters is 1. The van der Waals surface area contributed by atoms with Gasteiger partial charge in [0.1, 0.15) is 17.9 Å². The summed E-state index contributed by atoms with van der Waals surface area (Å²) in [7, 11) is 1.70. The fraction of sp³-hybridized carbons (Fsp3) is 0.529. The van der Waals surface area contributed by atoms with Gasteiger partial charge in [-0.05, 0) is 37.0 Å². The number of benzene rings is 1. The first-order valence-electron chi connectivity index (χ1n) is 7.52. The summed E-state index contributed by atoms with van der Waals surface area (Å²) in [6.07, 6.45) is 4.07. The Morgan fingerprint density at radius 3 is 2.95 bits per heavy atom. The number of methoxy groups -OCH3 is 1. The van der Waals surface area contributed by atoms with Crippen molar-refractivity contribution in [3.05, 3.63) is 29.8 Å². The zero-order valence-corrected chi connectivity index (χ0v) is 12.8. The first kappa shape index (κ1) is 16.3. The van der Waals surface area contributed by atoms with E-state index in [2.05, 4.69) is 0 Å². The summed E-state index contributed by atoms with van der Waals surface area (Å²) < 4.78 is 16.1. The number of ether oxygens (including phenoxy) is 3. The van der Waals surface area contributed by atoms with Crippen molar-refractivity contribution in [2.24, 2.45) is 0 Å². The van der Waals surface area contributed by atoms with Crippen molar-refractivity contribution >= 4 is 5.97 Å². The molecular formula is C17H21NO4. The van der Waals surface area contributed by atoms with E-state index in [0.29, 0.717) is 5.75 Å². The van der Waals surface area contributed by atoms with E-state index >= 15 is 0 Å². The molecule has 1 saturated carbocycles. The second-order valence-electron chi connectivity index (χ2n) is 5.41. The van der Waals surface area contributed by atoms with Crippen LogP contribution in [-0.2, 0) is 20.7 Å². The normalized spacial score (nSPS) is 20.9. The molecule has 0 bridgehead atoms. The maximum Gasteiger partial charge on any atom is 0.310 e. The summed E-state index contributed by atoms with van der Waals surface area (Å²) in [4.78, 5) is 12.0. The third-order valence-electron chi connectivity index (χ3n) is 3.76. The third-order valence-corrected chi connectivity index (χ3v) is 3.76. The summed E-state index contributed by atoms with van der Waals surface area (Å²) in [6, 6.07) is 9.09. The van der Waals surface area contributed by atoms with Crippen LogP contribution >= 0.6 is 0 Å². The molecule has 1 aromatic rings.